The molecule has 2 aromatic rings. The molecule has 26 heavy (non-hydrogen) atoms. The van der Waals surface area contributed by atoms with Crippen LogP contribution in [0, 0.1) is 5.92 Å². The average Bonchev–Trinajstić information content (AvgIpc) is 3.44. The number of nitrogens with zero attached hydrogens (tertiary/aromatic N) is 1. The third-order valence-corrected chi connectivity index (χ3v) is 4.97. The van der Waals surface area contributed by atoms with Gasteiger partial charge in [-0.2, -0.15) is 0 Å². The van der Waals surface area contributed by atoms with E-state index in [4.69, 9.17) is 4.74 Å². The van der Waals surface area contributed by atoms with Crippen molar-refractivity contribution in [3.05, 3.63) is 59.7 Å². The van der Waals surface area contributed by atoms with Crippen molar-refractivity contribution in [3.63, 3.8) is 0 Å². The summed E-state index contributed by atoms with van der Waals surface area (Å²) in [6, 6.07) is 15.2. The number of nitrogens with one attached hydrogen (secondary N) is 1. The summed E-state index contributed by atoms with van der Waals surface area (Å²) in [5, 5.41) is 2.95. The average molecular weight is 350 g/mol. The first kappa shape index (κ1) is 16.6. The van der Waals surface area contributed by atoms with Gasteiger partial charge in [0.25, 0.3) is 5.91 Å². The molecular formula is C21H22N2O3. The highest BCUT2D eigenvalue weighted by Crippen LogP contribution is 2.33. The Kier molecular flexibility index (Phi) is 4.37. The molecule has 2 aliphatic rings. The summed E-state index contributed by atoms with van der Waals surface area (Å²) in [7, 11) is 1.74. The van der Waals surface area contributed by atoms with E-state index < -0.39 is 0 Å². The van der Waals surface area contributed by atoms with E-state index in [9.17, 15) is 9.59 Å². The molecule has 1 atom stereocenters. The van der Waals surface area contributed by atoms with Gasteiger partial charge in [0.1, 0.15) is 11.9 Å². The van der Waals surface area contributed by atoms with Gasteiger partial charge in [0.05, 0.1) is 17.8 Å². The lowest BCUT2D eigenvalue weighted by atomic mass is 10.1. The first-order valence-electron chi connectivity index (χ1n) is 9.03. The first-order chi connectivity index (χ1) is 12.6. The topological polar surface area (TPSA) is 58.6 Å². The van der Waals surface area contributed by atoms with Crippen molar-refractivity contribution >= 4 is 17.5 Å². The zero-order chi connectivity index (χ0) is 18.1. The zero-order valence-corrected chi connectivity index (χ0v) is 14.8. The molecule has 0 radical (unpaired) electrons. The van der Waals surface area contributed by atoms with E-state index in [0.29, 0.717) is 17.8 Å². The summed E-state index contributed by atoms with van der Waals surface area (Å²) in [4.78, 5) is 26.7. The van der Waals surface area contributed by atoms with Gasteiger partial charge in [-0.05, 0) is 36.6 Å². The molecule has 5 nitrogen and oxygen atoms in total. The van der Waals surface area contributed by atoms with Crippen molar-refractivity contribution in [2.75, 3.05) is 18.5 Å². The van der Waals surface area contributed by atoms with E-state index in [2.05, 4.69) is 5.32 Å². The Bertz CT molecular complexity index is 820. The third kappa shape index (κ3) is 3.29. The molecule has 1 aliphatic carbocycles. The molecule has 1 heterocycles. The predicted octanol–water partition coefficient (Wildman–Crippen LogP) is 2.79. The first-order valence-corrected chi connectivity index (χ1v) is 9.03. The van der Waals surface area contributed by atoms with Gasteiger partial charge in [0, 0.05) is 19.4 Å². The molecule has 1 fully saturated rings. The highest BCUT2D eigenvalue weighted by molar-refractivity contribution is 6.05. The van der Waals surface area contributed by atoms with Crippen molar-refractivity contribution in [1.29, 1.82) is 0 Å². The van der Waals surface area contributed by atoms with Crippen LogP contribution in [0.15, 0.2) is 48.5 Å². The number of ether oxygens (including phenoxy) is 1. The number of carbonyl (C=O) groups is 2. The lowest BCUT2D eigenvalue weighted by Gasteiger charge is -2.21. The maximum atomic E-state index is 12.7. The largest absolute Gasteiger partial charge is 0.488 e. The lowest BCUT2D eigenvalue weighted by Crippen LogP contribution is -2.36. The number of hydrogen-bond acceptors (Lipinski definition) is 3. The molecule has 0 unspecified atom stereocenters. The van der Waals surface area contributed by atoms with E-state index in [1.165, 1.54) is 5.56 Å². The van der Waals surface area contributed by atoms with E-state index in [1.807, 2.05) is 42.5 Å². The van der Waals surface area contributed by atoms with Crippen molar-refractivity contribution in [2.45, 2.75) is 25.4 Å². The fourth-order valence-corrected chi connectivity index (χ4v) is 3.35. The number of para-hydroxylation sites is 2. The Morgan fingerprint density at radius 1 is 1.12 bits per heavy atom. The van der Waals surface area contributed by atoms with Crippen LogP contribution in [0.1, 0.15) is 28.8 Å². The van der Waals surface area contributed by atoms with Gasteiger partial charge in [0.15, 0.2) is 0 Å². The van der Waals surface area contributed by atoms with Crippen LogP contribution in [-0.2, 0) is 11.2 Å². The highest BCUT2D eigenvalue weighted by Gasteiger charge is 2.33. The van der Waals surface area contributed by atoms with Crippen molar-refractivity contribution < 1.29 is 14.3 Å². The van der Waals surface area contributed by atoms with E-state index in [-0.39, 0.29) is 23.8 Å². The molecule has 0 spiro atoms. The van der Waals surface area contributed by atoms with Crippen LogP contribution < -0.4 is 15.0 Å². The van der Waals surface area contributed by atoms with E-state index >= 15 is 0 Å². The molecule has 5 heteroatoms. The van der Waals surface area contributed by atoms with Gasteiger partial charge in [-0.3, -0.25) is 9.59 Å². The Morgan fingerprint density at radius 3 is 2.62 bits per heavy atom. The SMILES string of the molecule is CN(C(=O)C1CC1)c1ccccc1C(=O)NC[C@H]1Cc2ccccc2O1. The normalized spacial score (nSPS) is 18.0. The van der Waals surface area contributed by atoms with Crippen LogP contribution in [0.3, 0.4) is 0 Å². The summed E-state index contributed by atoms with van der Waals surface area (Å²) >= 11 is 0. The molecule has 4 rings (SSSR count). The molecule has 1 aliphatic heterocycles. The third-order valence-electron chi connectivity index (χ3n) is 4.97. The van der Waals surface area contributed by atoms with Crippen LogP contribution in [-0.4, -0.2) is 31.5 Å². The number of benzene rings is 2. The van der Waals surface area contributed by atoms with Crippen LogP contribution >= 0.6 is 0 Å². The van der Waals surface area contributed by atoms with Crippen molar-refractivity contribution in [3.8, 4) is 5.75 Å². The van der Waals surface area contributed by atoms with Crippen LogP contribution in [0.25, 0.3) is 0 Å². The molecule has 0 bridgehead atoms. The molecule has 2 amide bonds. The van der Waals surface area contributed by atoms with Gasteiger partial charge < -0.3 is 15.0 Å². The fourth-order valence-electron chi connectivity index (χ4n) is 3.35. The van der Waals surface area contributed by atoms with Crippen LogP contribution in [0.4, 0.5) is 5.69 Å². The Morgan fingerprint density at radius 2 is 1.85 bits per heavy atom. The zero-order valence-electron chi connectivity index (χ0n) is 14.8. The molecule has 0 aromatic heterocycles. The number of rotatable bonds is 5. The summed E-state index contributed by atoms with van der Waals surface area (Å²) in [6.45, 7) is 0.433. The molecule has 2 aromatic carbocycles. The maximum Gasteiger partial charge on any atom is 0.253 e. The molecule has 0 saturated heterocycles. The number of anilines is 1. The summed E-state index contributed by atoms with van der Waals surface area (Å²) in [5.41, 5.74) is 2.33. The molecule has 1 saturated carbocycles. The molecule has 1 N–H and O–H groups in total. The van der Waals surface area contributed by atoms with Crippen LogP contribution in [0.5, 0.6) is 5.75 Å². The minimum absolute atomic E-state index is 0.0608. The van der Waals surface area contributed by atoms with Crippen LogP contribution in [0.2, 0.25) is 0 Å². The number of amides is 2. The Labute approximate surface area is 153 Å². The van der Waals surface area contributed by atoms with Gasteiger partial charge in [-0.1, -0.05) is 30.3 Å². The quantitative estimate of drug-likeness (QED) is 0.902. The number of fused-ring (bicyclic) bond motifs is 1. The number of hydrogen-bond donors (Lipinski definition) is 1. The fraction of sp³-hybridized carbons (Fsp3) is 0.333. The van der Waals surface area contributed by atoms with Gasteiger partial charge >= 0.3 is 0 Å². The summed E-state index contributed by atoms with van der Waals surface area (Å²) in [5.74, 6) is 0.902. The lowest BCUT2D eigenvalue weighted by molar-refractivity contribution is -0.119. The summed E-state index contributed by atoms with van der Waals surface area (Å²) < 4.78 is 5.87. The minimum atomic E-state index is -0.185. The van der Waals surface area contributed by atoms with Gasteiger partial charge in [-0.25, -0.2) is 0 Å². The van der Waals surface area contributed by atoms with E-state index in [1.54, 1.807) is 18.0 Å². The second-order valence-electron chi connectivity index (χ2n) is 6.95. The smallest absolute Gasteiger partial charge is 0.253 e. The second kappa shape index (κ2) is 6.83. The standard InChI is InChI=1S/C21H22N2O3/c1-23(21(25)14-10-11-14)18-8-4-3-7-17(18)20(24)22-13-16-12-15-6-2-5-9-19(15)26-16/h2-9,14,16H,10-13H2,1H3,(H,22,24)/t16-/m1/s1. The summed E-state index contributed by atoms with van der Waals surface area (Å²) in [6.07, 6.45) is 2.61. The molecular weight excluding hydrogens is 328 g/mol. The predicted molar refractivity (Wildman–Crippen MR) is 99.5 cm³/mol. The minimum Gasteiger partial charge on any atom is -0.488 e. The maximum absolute atomic E-state index is 12.7. The molecule has 134 valence electrons. The Hall–Kier alpha value is -2.82. The van der Waals surface area contributed by atoms with Gasteiger partial charge in [-0.15, -0.1) is 0 Å². The Balaban J connectivity index is 1.42. The van der Waals surface area contributed by atoms with Crippen molar-refractivity contribution in [2.24, 2.45) is 5.92 Å². The highest BCUT2D eigenvalue weighted by atomic mass is 16.5. The van der Waals surface area contributed by atoms with Crippen molar-refractivity contribution in [1.82, 2.24) is 5.32 Å². The van der Waals surface area contributed by atoms with Gasteiger partial charge in [0.2, 0.25) is 5.91 Å². The van der Waals surface area contributed by atoms with E-state index in [0.717, 1.165) is 25.0 Å². The second-order valence-corrected chi connectivity index (χ2v) is 6.95. The monoisotopic (exact) mass is 350 g/mol. The number of carbonyl (C=O) groups excluding carboxylic acids is 2.